The second-order valence-corrected chi connectivity index (χ2v) is 8.98. The van der Waals surface area contributed by atoms with E-state index in [0.29, 0.717) is 16.2 Å². The van der Waals surface area contributed by atoms with Gasteiger partial charge in [0.15, 0.2) is 0 Å². The van der Waals surface area contributed by atoms with E-state index in [1.807, 2.05) is 72.8 Å². The average molecular weight is 473 g/mol. The first-order valence-corrected chi connectivity index (χ1v) is 11.7. The summed E-state index contributed by atoms with van der Waals surface area (Å²) in [6, 6.07) is 22.0. The van der Waals surface area contributed by atoms with Crippen LogP contribution in [0.15, 0.2) is 82.6 Å². The largest absolute Gasteiger partial charge is 0.467 e. The lowest BCUT2D eigenvalue weighted by atomic mass is 9.92. The molecule has 0 aliphatic carbocycles. The first kappa shape index (κ1) is 21.9. The SMILES string of the molecule is COC(=O)[C@@H]1CSc2c(-c3ccccc3)c(Cc3cccc4ccccc34)c([N+](=O)[O-])c(=O)n21. The Morgan fingerprint density at radius 2 is 1.79 bits per heavy atom. The van der Waals surface area contributed by atoms with Gasteiger partial charge in [-0.15, -0.1) is 11.8 Å². The number of hydrogen-bond acceptors (Lipinski definition) is 6. The fourth-order valence-corrected chi connectivity index (χ4v) is 5.91. The highest BCUT2D eigenvalue weighted by Crippen LogP contribution is 2.44. The standard InChI is InChI=1S/C26H20N2O5S/c1-33-26(30)21-15-34-25-22(17-9-3-2-4-10-17)20(23(28(31)32)24(29)27(21)25)14-18-12-7-11-16-8-5-6-13-19(16)18/h2-13,21H,14-15H2,1H3/t21-/m0/s1. The van der Waals surface area contributed by atoms with Crippen molar-refractivity contribution in [3.8, 4) is 11.1 Å². The maximum atomic E-state index is 13.5. The highest BCUT2D eigenvalue weighted by Gasteiger charge is 2.39. The van der Waals surface area contributed by atoms with Gasteiger partial charge in [-0.2, -0.15) is 0 Å². The summed E-state index contributed by atoms with van der Waals surface area (Å²) in [5.41, 5.74) is 1.30. The van der Waals surface area contributed by atoms with Gasteiger partial charge in [0.2, 0.25) is 0 Å². The molecule has 1 atom stereocenters. The van der Waals surface area contributed by atoms with Crippen LogP contribution in [0.25, 0.3) is 21.9 Å². The van der Waals surface area contributed by atoms with Crippen LogP contribution in [0.1, 0.15) is 17.2 Å². The van der Waals surface area contributed by atoms with Crippen molar-refractivity contribution in [1.29, 1.82) is 0 Å². The van der Waals surface area contributed by atoms with E-state index in [1.54, 1.807) is 0 Å². The second-order valence-electron chi connectivity index (χ2n) is 7.97. The van der Waals surface area contributed by atoms with E-state index in [1.165, 1.54) is 23.4 Å². The van der Waals surface area contributed by atoms with Crippen molar-refractivity contribution < 1.29 is 14.5 Å². The van der Waals surface area contributed by atoms with Gasteiger partial charge < -0.3 is 4.74 Å². The number of carbonyl (C=O) groups is 1. The average Bonchev–Trinajstić information content (AvgIpc) is 3.29. The monoisotopic (exact) mass is 472 g/mol. The molecule has 2 heterocycles. The van der Waals surface area contributed by atoms with Crippen LogP contribution in [0.5, 0.6) is 0 Å². The van der Waals surface area contributed by atoms with Gasteiger partial charge in [-0.25, -0.2) is 4.79 Å². The summed E-state index contributed by atoms with van der Waals surface area (Å²) in [5.74, 6) is -0.320. The molecule has 1 aliphatic heterocycles. The summed E-state index contributed by atoms with van der Waals surface area (Å²) in [6.07, 6.45) is 0.203. The van der Waals surface area contributed by atoms with Gasteiger partial charge in [-0.3, -0.25) is 19.5 Å². The van der Waals surface area contributed by atoms with Crippen molar-refractivity contribution in [2.75, 3.05) is 12.9 Å². The summed E-state index contributed by atoms with van der Waals surface area (Å²) in [4.78, 5) is 37.6. The maximum Gasteiger partial charge on any atom is 0.338 e. The molecule has 0 bridgehead atoms. The highest BCUT2D eigenvalue weighted by molar-refractivity contribution is 7.99. The smallest absolute Gasteiger partial charge is 0.338 e. The predicted octanol–water partition coefficient (Wildman–Crippen LogP) is 4.99. The minimum absolute atomic E-state index is 0.203. The van der Waals surface area contributed by atoms with E-state index in [9.17, 15) is 19.7 Å². The fraction of sp³-hybridized carbons (Fsp3) is 0.154. The Morgan fingerprint density at radius 1 is 1.09 bits per heavy atom. The molecule has 0 fully saturated rings. The number of pyridine rings is 1. The Balaban J connectivity index is 1.84. The summed E-state index contributed by atoms with van der Waals surface area (Å²) < 4.78 is 6.12. The molecular formula is C26H20N2O5S. The predicted molar refractivity (Wildman–Crippen MR) is 131 cm³/mol. The number of nitrogens with zero attached hydrogens (tertiary/aromatic N) is 2. The molecule has 1 aromatic heterocycles. The zero-order valence-electron chi connectivity index (χ0n) is 18.3. The Hall–Kier alpha value is -3.91. The first-order valence-electron chi connectivity index (χ1n) is 10.7. The summed E-state index contributed by atoms with van der Waals surface area (Å²) in [7, 11) is 1.25. The number of thioether (sulfide) groups is 1. The lowest BCUT2D eigenvalue weighted by Gasteiger charge is -2.18. The Kier molecular flexibility index (Phi) is 5.67. The molecule has 0 saturated heterocycles. The van der Waals surface area contributed by atoms with Gasteiger partial charge in [0.1, 0.15) is 6.04 Å². The minimum Gasteiger partial charge on any atom is -0.467 e. The Labute approximate surface area is 199 Å². The molecule has 0 amide bonds. The van der Waals surface area contributed by atoms with Crippen LogP contribution in [0, 0.1) is 10.1 Å². The number of esters is 1. The summed E-state index contributed by atoms with van der Waals surface area (Å²) in [6.45, 7) is 0. The van der Waals surface area contributed by atoms with Crippen molar-refractivity contribution in [1.82, 2.24) is 4.57 Å². The van der Waals surface area contributed by atoms with Crippen LogP contribution in [0.2, 0.25) is 0 Å². The van der Waals surface area contributed by atoms with Crippen LogP contribution in [-0.2, 0) is 16.0 Å². The van der Waals surface area contributed by atoms with Crippen molar-refractivity contribution >= 4 is 34.2 Å². The minimum atomic E-state index is -0.912. The zero-order valence-corrected chi connectivity index (χ0v) is 19.1. The third-order valence-corrected chi connectivity index (χ3v) is 7.25. The van der Waals surface area contributed by atoms with E-state index in [2.05, 4.69) is 0 Å². The number of fused-ring (bicyclic) bond motifs is 2. The van der Waals surface area contributed by atoms with Gasteiger partial charge in [-0.05, 0) is 21.9 Å². The quantitative estimate of drug-likeness (QED) is 0.231. The Morgan fingerprint density at radius 3 is 2.53 bits per heavy atom. The van der Waals surface area contributed by atoms with Gasteiger partial charge in [-0.1, -0.05) is 72.8 Å². The molecule has 170 valence electrons. The van der Waals surface area contributed by atoms with Crippen molar-refractivity contribution in [2.45, 2.75) is 17.5 Å². The van der Waals surface area contributed by atoms with Crippen LogP contribution in [0.3, 0.4) is 0 Å². The van der Waals surface area contributed by atoms with Crippen LogP contribution < -0.4 is 5.56 Å². The van der Waals surface area contributed by atoms with Crippen molar-refractivity contribution in [2.24, 2.45) is 0 Å². The Bertz CT molecular complexity index is 1490. The molecule has 7 nitrogen and oxygen atoms in total. The van der Waals surface area contributed by atoms with Crippen LogP contribution >= 0.6 is 11.8 Å². The lowest BCUT2D eigenvalue weighted by molar-refractivity contribution is -0.387. The first-order chi connectivity index (χ1) is 16.5. The normalized spacial score (nSPS) is 14.7. The molecule has 4 aromatic rings. The molecule has 0 radical (unpaired) electrons. The number of methoxy groups -OCH3 is 1. The van der Waals surface area contributed by atoms with E-state index in [4.69, 9.17) is 4.74 Å². The molecule has 1 aliphatic rings. The molecule has 5 rings (SSSR count). The van der Waals surface area contributed by atoms with Gasteiger partial charge in [0.05, 0.1) is 22.6 Å². The third-order valence-electron chi connectivity index (χ3n) is 6.10. The van der Waals surface area contributed by atoms with E-state index in [0.717, 1.165) is 21.9 Å². The fourth-order valence-electron chi connectivity index (χ4n) is 4.57. The van der Waals surface area contributed by atoms with Gasteiger partial charge in [0, 0.05) is 17.7 Å². The maximum absolute atomic E-state index is 13.5. The third kappa shape index (κ3) is 3.56. The number of rotatable bonds is 5. The molecule has 0 unspecified atom stereocenters. The molecule has 0 spiro atoms. The zero-order chi connectivity index (χ0) is 23.8. The number of hydrogen-bond donors (Lipinski definition) is 0. The van der Waals surface area contributed by atoms with Crippen molar-refractivity contribution in [3.05, 3.63) is 104 Å². The molecule has 34 heavy (non-hydrogen) atoms. The number of aromatic nitrogens is 1. The van der Waals surface area contributed by atoms with Crippen LogP contribution in [-0.4, -0.2) is 28.3 Å². The van der Waals surface area contributed by atoms with Gasteiger partial charge in [0.25, 0.3) is 0 Å². The number of carbonyl (C=O) groups excluding carboxylic acids is 1. The molecular weight excluding hydrogens is 452 g/mol. The second kappa shape index (κ2) is 8.79. The molecule has 3 aromatic carbocycles. The molecule has 0 saturated carbocycles. The van der Waals surface area contributed by atoms with Gasteiger partial charge >= 0.3 is 17.2 Å². The van der Waals surface area contributed by atoms with E-state index in [-0.39, 0.29) is 12.2 Å². The van der Waals surface area contributed by atoms with Crippen LogP contribution in [0.4, 0.5) is 5.69 Å². The van der Waals surface area contributed by atoms with E-state index < -0.39 is 28.2 Å². The number of ether oxygens (including phenoxy) is 1. The van der Waals surface area contributed by atoms with Crippen molar-refractivity contribution in [3.63, 3.8) is 0 Å². The highest BCUT2D eigenvalue weighted by atomic mass is 32.2. The number of nitro groups is 1. The van der Waals surface area contributed by atoms with E-state index >= 15 is 0 Å². The lowest BCUT2D eigenvalue weighted by Crippen LogP contribution is -2.32. The molecule has 8 heteroatoms. The summed E-state index contributed by atoms with van der Waals surface area (Å²) >= 11 is 1.34. The summed E-state index contributed by atoms with van der Waals surface area (Å²) in [5, 5.41) is 14.8. The number of benzene rings is 3. The topological polar surface area (TPSA) is 91.4 Å². The molecule has 0 N–H and O–H groups in total.